The van der Waals surface area contributed by atoms with Crippen molar-refractivity contribution in [1.82, 2.24) is 4.90 Å². The lowest BCUT2D eigenvalue weighted by molar-refractivity contribution is -0.158. The maximum absolute atomic E-state index is 13.5. The third-order valence-electron chi connectivity index (χ3n) is 22.9. The maximum Gasteiger partial charge on any atom is 0.325 e. The quantitative estimate of drug-likeness (QED) is 0.0955. The lowest BCUT2D eigenvalue weighted by atomic mass is 9.47. The third kappa shape index (κ3) is 11.3. The van der Waals surface area contributed by atoms with Crippen molar-refractivity contribution in [3.05, 3.63) is 23.3 Å². The maximum atomic E-state index is 13.5. The van der Waals surface area contributed by atoms with E-state index in [1.54, 1.807) is 0 Å². The van der Waals surface area contributed by atoms with Gasteiger partial charge in [-0.05, 0) is 189 Å². The van der Waals surface area contributed by atoms with Crippen molar-refractivity contribution in [3.63, 3.8) is 0 Å². The summed E-state index contributed by atoms with van der Waals surface area (Å²) in [4.78, 5) is 53.2. The molecule has 400 valence electrons. The normalized spacial score (nSPS) is 39.1. The molecule has 0 aromatic heterocycles. The Morgan fingerprint density at radius 2 is 1.03 bits per heavy atom. The van der Waals surface area contributed by atoms with Gasteiger partial charge in [-0.15, -0.1) is 0 Å². The van der Waals surface area contributed by atoms with Gasteiger partial charge in [0.15, 0.2) is 0 Å². The van der Waals surface area contributed by atoms with Crippen molar-refractivity contribution in [2.75, 3.05) is 13.1 Å². The minimum atomic E-state index is -1.18. The second kappa shape index (κ2) is 22.3. The predicted octanol–water partition coefficient (Wildman–Crippen LogP) is 15.0. The topological polar surface area (TPSA) is 110 Å². The summed E-state index contributed by atoms with van der Waals surface area (Å²) in [7, 11) is 0. The largest absolute Gasteiger partial charge is 0.480 e. The second-order valence-corrected chi connectivity index (χ2v) is 27.8. The highest BCUT2D eigenvalue weighted by Crippen LogP contribution is 2.69. The zero-order valence-corrected chi connectivity index (χ0v) is 46.7. The summed E-state index contributed by atoms with van der Waals surface area (Å²) in [5.41, 5.74) is 4.12. The van der Waals surface area contributed by atoms with Crippen molar-refractivity contribution in [2.24, 2.45) is 92.7 Å². The molecule has 0 saturated heterocycles. The van der Waals surface area contributed by atoms with Gasteiger partial charge in [-0.3, -0.25) is 19.2 Å². The average molecular weight is 985 g/mol. The zero-order valence-electron chi connectivity index (χ0n) is 46.7. The second-order valence-electron chi connectivity index (χ2n) is 27.8. The first-order valence-corrected chi connectivity index (χ1v) is 29.9. The molecule has 8 nitrogen and oxygen atoms in total. The van der Waals surface area contributed by atoms with E-state index in [2.05, 4.69) is 81.4 Å². The van der Waals surface area contributed by atoms with Crippen molar-refractivity contribution >= 4 is 23.8 Å². The molecule has 8 aliphatic rings. The minimum Gasteiger partial charge on any atom is -0.480 e. The van der Waals surface area contributed by atoms with Gasteiger partial charge in [-0.25, -0.2) is 0 Å². The summed E-state index contributed by atoms with van der Waals surface area (Å²) >= 11 is 0. The Bertz CT molecular complexity index is 1970. The Balaban J connectivity index is 0.777. The van der Waals surface area contributed by atoms with E-state index in [-0.39, 0.29) is 48.3 Å². The number of carbonyl (C=O) groups is 4. The molecule has 0 aliphatic heterocycles. The van der Waals surface area contributed by atoms with Gasteiger partial charge in [-0.1, -0.05) is 131 Å². The Labute approximate surface area is 431 Å². The van der Waals surface area contributed by atoms with Crippen molar-refractivity contribution in [2.45, 2.75) is 242 Å². The fourth-order valence-corrected chi connectivity index (χ4v) is 19.1. The zero-order chi connectivity index (χ0) is 51.0. The molecule has 0 radical (unpaired) electrons. The summed E-state index contributed by atoms with van der Waals surface area (Å²) in [6.07, 6.45) is 31.3. The molecule has 71 heavy (non-hydrogen) atoms. The number of rotatable bonds is 20. The smallest absolute Gasteiger partial charge is 0.325 e. The van der Waals surface area contributed by atoms with Gasteiger partial charge in [-0.2, -0.15) is 0 Å². The van der Waals surface area contributed by atoms with Crippen molar-refractivity contribution in [3.8, 4) is 0 Å². The Kier molecular flexibility index (Phi) is 17.1. The molecular formula is C63H101NO7. The lowest BCUT2D eigenvalue weighted by Crippen LogP contribution is -2.51. The monoisotopic (exact) mass is 984 g/mol. The standard InChI is InChI=1S/C63H101NO7/c1-40(2)14-11-16-42(5)50-24-26-52-48-22-20-44-36-46(28-32-60(44,7)54(48)30-34-62(50,52)9)70-58(68)19-13-18-56(65)64(38-57(66)67)39-59(69)71-47-29-33-61(8)45(37-47)21-23-49-53-27-25-51(43(6)17-12-15-41(3)4)63(53,10)35-31-55(49)61/h20-21,40-43,46-55H,11-19,22-39H2,1-10H3,(H,66,67)/t42-,43-,46+,47+,48+,49+,50-,51?,52?,53+,54?,55+,60+,61+,62-,63-/m1/s1. The van der Waals surface area contributed by atoms with Gasteiger partial charge >= 0.3 is 17.9 Å². The highest BCUT2D eigenvalue weighted by molar-refractivity contribution is 5.86. The number of aliphatic carboxylic acids is 1. The van der Waals surface area contributed by atoms with Crippen LogP contribution in [0.5, 0.6) is 0 Å². The number of carbonyl (C=O) groups excluding carboxylic acids is 3. The lowest BCUT2D eigenvalue weighted by Gasteiger charge is -2.58. The molecule has 8 aliphatic carbocycles. The summed E-state index contributed by atoms with van der Waals surface area (Å²) in [6.45, 7) is 23.8. The van der Waals surface area contributed by atoms with Gasteiger partial charge < -0.3 is 19.5 Å². The molecule has 8 heteroatoms. The van der Waals surface area contributed by atoms with Crippen LogP contribution in [0.2, 0.25) is 0 Å². The van der Waals surface area contributed by atoms with E-state index >= 15 is 0 Å². The summed E-state index contributed by atoms with van der Waals surface area (Å²) in [5, 5.41) is 9.74. The number of amides is 1. The first-order valence-electron chi connectivity index (χ1n) is 29.9. The molecular weight excluding hydrogens is 883 g/mol. The van der Waals surface area contributed by atoms with Crippen LogP contribution in [0.4, 0.5) is 0 Å². The van der Waals surface area contributed by atoms with Gasteiger partial charge in [0.2, 0.25) is 5.91 Å². The van der Waals surface area contributed by atoms with Crippen LogP contribution in [0, 0.1) is 92.7 Å². The molecule has 0 heterocycles. The van der Waals surface area contributed by atoms with Gasteiger partial charge in [0.05, 0.1) is 0 Å². The number of allylic oxidation sites excluding steroid dienone is 2. The summed E-state index contributed by atoms with van der Waals surface area (Å²) in [5.74, 6) is 6.81. The predicted molar refractivity (Wildman–Crippen MR) is 284 cm³/mol. The van der Waals surface area contributed by atoms with E-state index < -0.39 is 30.9 Å². The average Bonchev–Trinajstić information content (AvgIpc) is 3.85. The third-order valence-corrected chi connectivity index (χ3v) is 22.9. The minimum absolute atomic E-state index is 0.0284. The fourth-order valence-electron chi connectivity index (χ4n) is 19.1. The van der Waals surface area contributed by atoms with Crippen LogP contribution in [-0.2, 0) is 28.7 Å². The summed E-state index contributed by atoms with van der Waals surface area (Å²) in [6, 6.07) is 0. The van der Waals surface area contributed by atoms with Crippen LogP contribution in [0.15, 0.2) is 23.3 Å². The highest BCUT2D eigenvalue weighted by atomic mass is 16.5. The molecule has 6 fully saturated rings. The van der Waals surface area contributed by atoms with E-state index in [1.165, 1.54) is 101 Å². The highest BCUT2D eigenvalue weighted by Gasteiger charge is 2.61. The molecule has 1 N–H and O–H groups in total. The number of nitrogens with zero attached hydrogens (tertiary/aromatic N) is 1. The molecule has 0 aromatic carbocycles. The molecule has 0 spiro atoms. The van der Waals surface area contributed by atoms with E-state index in [0.717, 1.165) is 115 Å². The summed E-state index contributed by atoms with van der Waals surface area (Å²) < 4.78 is 12.2. The van der Waals surface area contributed by atoms with E-state index in [4.69, 9.17) is 9.47 Å². The van der Waals surface area contributed by atoms with E-state index in [1.807, 2.05) is 0 Å². The fraction of sp³-hybridized carbons (Fsp3) is 0.873. The number of hydrogen-bond donors (Lipinski definition) is 1. The molecule has 16 atom stereocenters. The molecule has 3 unspecified atom stereocenters. The first kappa shape index (κ1) is 54.6. The van der Waals surface area contributed by atoms with E-state index in [9.17, 15) is 24.3 Å². The molecule has 6 saturated carbocycles. The van der Waals surface area contributed by atoms with Gasteiger partial charge in [0, 0.05) is 25.7 Å². The van der Waals surface area contributed by atoms with Gasteiger partial charge in [0.25, 0.3) is 0 Å². The molecule has 0 bridgehead atoms. The number of carboxylic acids is 1. The van der Waals surface area contributed by atoms with Crippen LogP contribution < -0.4 is 0 Å². The number of esters is 2. The Morgan fingerprint density at radius 1 is 0.563 bits per heavy atom. The molecule has 8 rings (SSSR count). The number of hydrogen-bond acceptors (Lipinski definition) is 6. The van der Waals surface area contributed by atoms with Crippen LogP contribution in [0.3, 0.4) is 0 Å². The van der Waals surface area contributed by atoms with Crippen LogP contribution >= 0.6 is 0 Å². The first-order chi connectivity index (χ1) is 33.7. The Morgan fingerprint density at radius 3 is 1.48 bits per heavy atom. The van der Waals surface area contributed by atoms with E-state index in [0.29, 0.717) is 22.7 Å². The van der Waals surface area contributed by atoms with Crippen molar-refractivity contribution in [1.29, 1.82) is 0 Å². The van der Waals surface area contributed by atoms with Crippen LogP contribution in [-0.4, -0.2) is 59.1 Å². The Hall–Kier alpha value is -2.64. The van der Waals surface area contributed by atoms with Crippen LogP contribution in [0.1, 0.15) is 230 Å². The number of fused-ring (bicyclic) bond motifs is 10. The molecule has 0 aromatic rings. The molecule has 1 amide bonds. The van der Waals surface area contributed by atoms with Crippen molar-refractivity contribution < 1.29 is 33.8 Å². The van der Waals surface area contributed by atoms with Crippen LogP contribution in [0.25, 0.3) is 0 Å². The number of ether oxygens (including phenoxy) is 2. The number of carboxylic acid groups (broad SMARTS) is 1. The van der Waals surface area contributed by atoms with Gasteiger partial charge in [0.1, 0.15) is 25.3 Å². The SMILES string of the molecule is CC(C)CCC[C@@H](C)C1CC[C@H]2[C@@H]3CC=C4C[C@@H](OC(=O)CN(CC(=O)O)C(=O)CCCC(=O)O[C@H]5CC[C@@]6(C)C(=CC[C@@H]7C6CC[C@@]6(C)C7CC[C@@H]6[C@H](C)CCCC(C)C)C5)CC[C@]4(C)[C@H]3CC[C@]12C.